The lowest BCUT2D eigenvalue weighted by Crippen LogP contribution is -2.07. The van der Waals surface area contributed by atoms with Gasteiger partial charge in [-0.3, -0.25) is 4.57 Å². The molecule has 0 radical (unpaired) electrons. The molecule has 0 aliphatic rings. The minimum absolute atomic E-state index is 0.505. The summed E-state index contributed by atoms with van der Waals surface area (Å²) >= 11 is 0. The SMILES string of the molecule is C=Cc1c(C=C)c2c3cccc(-c4ccc5c(c4)oc4ccc6ccccc6c45)c3n(-c3nc(-c4ccc(-c5ccccc5)cc4)nc(-c4ccc5ccccc5c4)n3)c2c2ccccc12. The lowest BCUT2D eigenvalue weighted by molar-refractivity contribution is 0.669. The first-order valence-electron chi connectivity index (χ1n) is 22.2. The molecule has 0 amide bonds. The van der Waals surface area contributed by atoms with Gasteiger partial charge < -0.3 is 4.42 Å². The maximum atomic E-state index is 6.67. The molecule has 5 heteroatoms. The van der Waals surface area contributed by atoms with Gasteiger partial charge in [-0.2, -0.15) is 9.97 Å². The Morgan fingerprint density at radius 2 is 1.00 bits per heavy atom. The molecular weight excluding hydrogens is 805 g/mol. The molecule has 13 rings (SSSR count). The zero-order valence-corrected chi connectivity index (χ0v) is 35.7. The van der Waals surface area contributed by atoms with E-state index in [1.807, 2.05) is 18.2 Å². The maximum Gasteiger partial charge on any atom is 0.238 e. The van der Waals surface area contributed by atoms with E-state index in [0.29, 0.717) is 17.6 Å². The van der Waals surface area contributed by atoms with Crippen LogP contribution in [0, 0.1) is 0 Å². The number of para-hydroxylation sites is 1. The zero-order chi connectivity index (χ0) is 43.9. The van der Waals surface area contributed by atoms with Gasteiger partial charge in [0, 0.05) is 43.6 Å². The van der Waals surface area contributed by atoms with Crippen LogP contribution < -0.4 is 0 Å². The van der Waals surface area contributed by atoms with Crippen molar-refractivity contribution >= 4 is 88.2 Å². The largest absolute Gasteiger partial charge is 0.456 e. The summed E-state index contributed by atoms with van der Waals surface area (Å²) < 4.78 is 8.92. The second-order valence-corrected chi connectivity index (χ2v) is 16.8. The lowest BCUT2D eigenvalue weighted by atomic mass is 9.93. The summed E-state index contributed by atoms with van der Waals surface area (Å²) in [6.45, 7) is 8.70. The van der Waals surface area contributed by atoms with Gasteiger partial charge in [-0.15, -0.1) is 0 Å². The molecule has 0 fully saturated rings. The van der Waals surface area contributed by atoms with Crippen molar-refractivity contribution in [2.75, 3.05) is 0 Å². The summed E-state index contributed by atoms with van der Waals surface area (Å²) in [7, 11) is 0. The van der Waals surface area contributed by atoms with Gasteiger partial charge in [-0.1, -0.05) is 195 Å². The van der Waals surface area contributed by atoms with Crippen molar-refractivity contribution in [2.24, 2.45) is 0 Å². The Kier molecular flexibility index (Phi) is 8.45. The highest BCUT2D eigenvalue weighted by Crippen LogP contribution is 2.46. The molecule has 0 saturated heterocycles. The Labute approximate surface area is 379 Å². The molecule has 0 atom stereocenters. The van der Waals surface area contributed by atoms with Crippen LogP contribution in [0.4, 0.5) is 0 Å². The summed E-state index contributed by atoms with van der Waals surface area (Å²) in [6, 6.07) is 68.1. The second-order valence-electron chi connectivity index (χ2n) is 16.8. The molecule has 0 aliphatic heterocycles. The number of hydrogen-bond donors (Lipinski definition) is 0. The molecule has 0 aliphatic carbocycles. The van der Waals surface area contributed by atoms with Gasteiger partial charge in [0.15, 0.2) is 11.6 Å². The zero-order valence-electron chi connectivity index (χ0n) is 35.7. The van der Waals surface area contributed by atoms with Crippen molar-refractivity contribution < 1.29 is 4.42 Å². The minimum atomic E-state index is 0.505. The molecule has 10 aromatic carbocycles. The number of hydrogen-bond acceptors (Lipinski definition) is 4. The third-order valence-corrected chi connectivity index (χ3v) is 13.2. The molecule has 66 heavy (non-hydrogen) atoms. The highest BCUT2D eigenvalue weighted by molar-refractivity contribution is 6.26. The van der Waals surface area contributed by atoms with E-state index in [2.05, 4.69) is 206 Å². The van der Waals surface area contributed by atoms with Crippen LogP contribution in [0.15, 0.2) is 212 Å². The number of benzene rings is 10. The van der Waals surface area contributed by atoms with E-state index in [9.17, 15) is 0 Å². The van der Waals surface area contributed by atoms with E-state index in [1.54, 1.807) is 0 Å². The lowest BCUT2D eigenvalue weighted by Gasteiger charge is -2.15. The molecule has 13 aromatic rings. The van der Waals surface area contributed by atoms with Crippen molar-refractivity contribution in [3.05, 3.63) is 218 Å². The van der Waals surface area contributed by atoms with Gasteiger partial charge in [-0.25, -0.2) is 4.98 Å². The van der Waals surface area contributed by atoms with Crippen LogP contribution >= 0.6 is 0 Å². The predicted octanol–water partition coefficient (Wildman–Crippen LogP) is 16.3. The first kappa shape index (κ1) is 37.6. The molecule has 0 saturated carbocycles. The molecule has 5 nitrogen and oxygen atoms in total. The van der Waals surface area contributed by atoms with Gasteiger partial charge in [-0.05, 0) is 79.0 Å². The fourth-order valence-corrected chi connectivity index (χ4v) is 10.1. The number of fused-ring (bicyclic) bond motifs is 11. The Bertz CT molecular complexity index is 4140. The fourth-order valence-electron chi connectivity index (χ4n) is 10.1. The molecular formula is C61H38N4O. The molecule has 3 heterocycles. The fraction of sp³-hybridized carbons (Fsp3) is 0. The van der Waals surface area contributed by atoms with Crippen LogP contribution in [-0.4, -0.2) is 19.5 Å². The predicted molar refractivity (Wildman–Crippen MR) is 276 cm³/mol. The van der Waals surface area contributed by atoms with Gasteiger partial charge in [0.2, 0.25) is 5.95 Å². The standard InChI is InChI=1S/C61H38N4O/c1-3-45-46(4-2)56-52-24-14-23-48(43-31-33-51-54(36-43)66-53-34-32-40-18-10-11-20-47(40)55(51)53)57(52)65(58(56)50-22-13-12-21-49(45)50)61-63-59(41-28-25-39(26-29-41)37-15-6-5-7-16-37)62-60(64-61)44-30-27-38-17-8-9-19-42(38)35-44/h3-36H,1-2H2. The normalized spacial score (nSPS) is 11.8. The Balaban J connectivity index is 1.13. The summed E-state index contributed by atoms with van der Waals surface area (Å²) in [4.78, 5) is 16.2. The molecule has 0 bridgehead atoms. The maximum absolute atomic E-state index is 6.67. The van der Waals surface area contributed by atoms with E-state index >= 15 is 0 Å². The van der Waals surface area contributed by atoms with Crippen molar-refractivity contribution in [3.63, 3.8) is 0 Å². The van der Waals surface area contributed by atoms with E-state index in [4.69, 9.17) is 19.4 Å². The van der Waals surface area contributed by atoms with Crippen molar-refractivity contribution in [2.45, 2.75) is 0 Å². The highest BCUT2D eigenvalue weighted by Gasteiger charge is 2.25. The third kappa shape index (κ3) is 5.77. The molecule has 0 unspecified atom stereocenters. The van der Waals surface area contributed by atoms with Crippen LogP contribution in [-0.2, 0) is 0 Å². The summed E-state index contributed by atoms with van der Waals surface area (Å²) in [5.41, 5.74) is 11.7. The van der Waals surface area contributed by atoms with Crippen molar-refractivity contribution in [1.29, 1.82) is 0 Å². The average molecular weight is 843 g/mol. The van der Waals surface area contributed by atoms with Crippen LogP contribution in [0.1, 0.15) is 11.1 Å². The third-order valence-electron chi connectivity index (χ3n) is 13.2. The average Bonchev–Trinajstić information content (AvgIpc) is 3.95. The van der Waals surface area contributed by atoms with Gasteiger partial charge >= 0.3 is 0 Å². The van der Waals surface area contributed by atoms with Crippen LogP contribution in [0.2, 0.25) is 0 Å². The number of aromatic nitrogens is 4. The van der Waals surface area contributed by atoms with Crippen LogP contribution in [0.25, 0.3) is 139 Å². The summed E-state index contributed by atoms with van der Waals surface area (Å²) in [5, 5.41) is 11.0. The second kappa shape index (κ2) is 14.8. The topological polar surface area (TPSA) is 56.7 Å². The Hall–Kier alpha value is -8.93. The van der Waals surface area contributed by atoms with Crippen molar-refractivity contribution in [3.8, 4) is 51.0 Å². The van der Waals surface area contributed by atoms with E-state index < -0.39 is 0 Å². The number of rotatable bonds is 7. The van der Waals surface area contributed by atoms with Crippen LogP contribution in [0.5, 0.6) is 0 Å². The Morgan fingerprint density at radius 3 is 1.80 bits per heavy atom. The smallest absolute Gasteiger partial charge is 0.238 e. The molecule has 0 N–H and O–H groups in total. The quantitative estimate of drug-likeness (QED) is 0.160. The van der Waals surface area contributed by atoms with Gasteiger partial charge in [0.25, 0.3) is 0 Å². The van der Waals surface area contributed by atoms with Gasteiger partial charge in [0.1, 0.15) is 11.2 Å². The van der Waals surface area contributed by atoms with E-state index in [-0.39, 0.29) is 0 Å². The molecule has 3 aromatic heterocycles. The first-order valence-corrected chi connectivity index (χ1v) is 22.2. The van der Waals surface area contributed by atoms with E-state index in [0.717, 1.165) is 110 Å². The summed E-state index contributed by atoms with van der Waals surface area (Å²) in [6.07, 6.45) is 3.91. The Morgan fingerprint density at radius 1 is 0.379 bits per heavy atom. The number of nitrogens with zero attached hydrogens (tertiary/aromatic N) is 4. The van der Waals surface area contributed by atoms with E-state index in [1.165, 1.54) is 10.8 Å². The first-order chi connectivity index (χ1) is 32.6. The minimum Gasteiger partial charge on any atom is -0.456 e. The monoisotopic (exact) mass is 842 g/mol. The summed E-state index contributed by atoms with van der Waals surface area (Å²) in [5.74, 6) is 1.65. The highest BCUT2D eigenvalue weighted by atomic mass is 16.3. The number of furan rings is 1. The molecule has 308 valence electrons. The van der Waals surface area contributed by atoms with Crippen molar-refractivity contribution in [1.82, 2.24) is 19.5 Å². The van der Waals surface area contributed by atoms with Gasteiger partial charge in [0.05, 0.1) is 11.0 Å². The molecule has 0 spiro atoms. The van der Waals surface area contributed by atoms with Crippen LogP contribution in [0.3, 0.4) is 0 Å².